The monoisotopic (exact) mass is 308 g/mol. The number of carbonyl (C=O) groups excluding carboxylic acids is 1. The average molecular weight is 309 g/mol. The second kappa shape index (κ2) is 8.40. The number of nitrogens with one attached hydrogen (secondary N) is 1. The second-order valence-electron chi connectivity index (χ2n) is 5.86. The van der Waals surface area contributed by atoms with Gasteiger partial charge in [-0.05, 0) is 50.9 Å². The highest BCUT2D eigenvalue weighted by atomic mass is 35.5. The molecule has 1 aliphatic rings. The van der Waals surface area contributed by atoms with Crippen LogP contribution in [-0.4, -0.2) is 37.0 Å². The van der Waals surface area contributed by atoms with E-state index in [1.54, 1.807) is 0 Å². The highest BCUT2D eigenvalue weighted by Gasteiger charge is 2.19. The van der Waals surface area contributed by atoms with Crippen molar-refractivity contribution in [1.82, 2.24) is 10.2 Å². The van der Waals surface area contributed by atoms with Crippen molar-refractivity contribution in [2.24, 2.45) is 0 Å². The minimum atomic E-state index is 0.154. The molecule has 0 aromatic heterocycles. The maximum atomic E-state index is 11.9. The molecule has 4 heteroatoms. The van der Waals surface area contributed by atoms with Crippen molar-refractivity contribution in [2.45, 2.75) is 44.6 Å². The van der Waals surface area contributed by atoms with Gasteiger partial charge in [0.1, 0.15) is 0 Å². The molecule has 1 fully saturated rings. The molecule has 0 spiro atoms. The van der Waals surface area contributed by atoms with Gasteiger partial charge in [-0.2, -0.15) is 0 Å². The van der Waals surface area contributed by atoms with E-state index in [1.807, 2.05) is 24.3 Å². The first-order valence-electron chi connectivity index (χ1n) is 7.87. The van der Waals surface area contributed by atoms with E-state index < -0.39 is 0 Å². The van der Waals surface area contributed by atoms with Gasteiger partial charge in [0.05, 0.1) is 0 Å². The predicted octanol–water partition coefficient (Wildman–Crippen LogP) is 3.26. The van der Waals surface area contributed by atoms with Crippen molar-refractivity contribution in [1.29, 1.82) is 0 Å². The van der Waals surface area contributed by atoms with Crippen molar-refractivity contribution in [2.75, 3.05) is 20.1 Å². The Kier molecular flexibility index (Phi) is 6.52. The van der Waals surface area contributed by atoms with Crippen LogP contribution in [0.25, 0.3) is 0 Å². The maximum Gasteiger partial charge on any atom is 0.220 e. The molecule has 1 heterocycles. The Morgan fingerprint density at radius 2 is 2.19 bits per heavy atom. The van der Waals surface area contributed by atoms with E-state index in [0.717, 1.165) is 23.4 Å². The molecule has 1 aliphatic heterocycles. The van der Waals surface area contributed by atoms with Gasteiger partial charge >= 0.3 is 0 Å². The molecule has 0 bridgehead atoms. The predicted molar refractivity (Wildman–Crippen MR) is 87.7 cm³/mol. The molecule has 0 saturated carbocycles. The Morgan fingerprint density at radius 3 is 2.95 bits per heavy atom. The fourth-order valence-corrected chi connectivity index (χ4v) is 3.16. The van der Waals surface area contributed by atoms with Crippen LogP contribution in [0.3, 0.4) is 0 Å². The number of rotatable bonds is 6. The van der Waals surface area contributed by atoms with Crippen molar-refractivity contribution in [3.05, 3.63) is 34.9 Å². The summed E-state index contributed by atoms with van der Waals surface area (Å²) in [7, 11) is 2.17. The lowest BCUT2D eigenvalue weighted by Gasteiger charge is -2.32. The van der Waals surface area contributed by atoms with Gasteiger partial charge in [0.15, 0.2) is 0 Å². The third kappa shape index (κ3) is 5.33. The van der Waals surface area contributed by atoms with Crippen molar-refractivity contribution in [3.8, 4) is 0 Å². The van der Waals surface area contributed by atoms with E-state index in [1.165, 1.54) is 25.8 Å². The molecule has 1 unspecified atom stereocenters. The number of amides is 1. The lowest BCUT2D eigenvalue weighted by atomic mass is 9.98. The van der Waals surface area contributed by atoms with E-state index in [9.17, 15) is 4.79 Å². The molecule has 1 saturated heterocycles. The van der Waals surface area contributed by atoms with Gasteiger partial charge in [-0.25, -0.2) is 0 Å². The van der Waals surface area contributed by atoms with Crippen LogP contribution in [0.5, 0.6) is 0 Å². The van der Waals surface area contributed by atoms with E-state index in [0.29, 0.717) is 19.0 Å². The number of benzene rings is 1. The van der Waals surface area contributed by atoms with E-state index in [2.05, 4.69) is 17.3 Å². The lowest BCUT2D eigenvalue weighted by molar-refractivity contribution is -0.121. The highest BCUT2D eigenvalue weighted by molar-refractivity contribution is 6.31. The largest absolute Gasteiger partial charge is 0.356 e. The Hall–Kier alpha value is -1.06. The lowest BCUT2D eigenvalue weighted by Crippen LogP contribution is -2.37. The molecular weight excluding hydrogens is 284 g/mol. The molecule has 0 radical (unpaired) electrons. The third-order valence-corrected chi connectivity index (χ3v) is 4.67. The summed E-state index contributed by atoms with van der Waals surface area (Å²) in [5.74, 6) is 0.154. The van der Waals surface area contributed by atoms with E-state index in [4.69, 9.17) is 11.6 Å². The number of carbonyl (C=O) groups is 1. The molecule has 1 N–H and O–H groups in total. The number of piperidine rings is 1. The van der Waals surface area contributed by atoms with Gasteiger partial charge < -0.3 is 10.2 Å². The molecule has 1 aromatic carbocycles. The summed E-state index contributed by atoms with van der Waals surface area (Å²) in [6, 6.07) is 8.36. The third-order valence-electron chi connectivity index (χ3n) is 4.30. The summed E-state index contributed by atoms with van der Waals surface area (Å²) in [4.78, 5) is 14.3. The number of likely N-dealkylation sites (tertiary alicyclic amines) is 1. The minimum Gasteiger partial charge on any atom is -0.356 e. The highest BCUT2D eigenvalue weighted by Crippen LogP contribution is 2.19. The van der Waals surface area contributed by atoms with Crippen LogP contribution < -0.4 is 5.32 Å². The van der Waals surface area contributed by atoms with Crippen LogP contribution >= 0.6 is 11.6 Å². The van der Waals surface area contributed by atoms with Gasteiger partial charge in [-0.3, -0.25) is 4.79 Å². The van der Waals surface area contributed by atoms with Crippen molar-refractivity contribution >= 4 is 17.5 Å². The standard InChI is InChI=1S/C17H25ClN2O/c1-20-13-5-4-7-15(20)9-10-17(21)19-12-11-14-6-2-3-8-16(14)18/h2-3,6,8,15H,4-5,7,9-13H2,1H3,(H,19,21). The van der Waals surface area contributed by atoms with Crippen molar-refractivity contribution < 1.29 is 4.79 Å². The zero-order valence-corrected chi connectivity index (χ0v) is 13.5. The Balaban J connectivity index is 1.64. The first-order chi connectivity index (χ1) is 10.2. The summed E-state index contributed by atoms with van der Waals surface area (Å²) >= 11 is 6.10. The number of hydrogen-bond donors (Lipinski definition) is 1. The Labute approximate surface area is 132 Å². The zero-order valence-electron chi connectivity index (χ0n) is 12.8. The summed E-state index contributed by atoms with van der Waals surface area (Å²) in [5, 5.41) is 3.77. The fourth-order valence-electron chi connectivity index (χ4n) is 2.93. The van der Waals surface area contributed by atoms with Gasteiger partial charge in [0.2, 0.25) is 5.91 Å². The quantitative estimate of drug-likeness (QED) is 0.875. The number of hydrogen-bond acceptors (Lipinski definition) is 2. The van der Waals surface area contributed by atoms with Crippen LogP contribution in [0, 0.1) is 0 Å². The van der Waals surface area contributed by atoms with Gasteiger partial charge in [0.25, 0.3) is 0 Å². The SMILES string of the molecule is CN1CCCCC1CCC(=O)NCCc1ccccc1Cl. The van der Waals surface area contributed by atoms with Gasteiger partial charge in [0, 0.05) is 24.0 Å². The molecule has 2 rings (SSSR count). The van der Waals surface area contributed by atoms with Crippen molar-refractivity contribution in [3.63, 3.8) is 0 Å². The fraction of sp³-hybridized carbons (Fsp3) is 0.588. The summed E-state index contributed by atoms with van der Waals surface area (Å²) in [6.07, 6.45) is 6.18. The van der Waals surface area contributed by atoms with Gasteiger partial charge in [-0.15, -0.1) is 0 Å². The van der Waals surface area contributed by atoms with E-state index in [-0.39, 0.29) is 5.91 Å². The summed E-state index contributed by atoms with van der Waals surface area (Å²) in [5.41, 5.74) is 1.09. The molecule has 21 heavy (non-hydrogen) atoms. The van der Waals surface area contributed by atoms with Gasteiger partial charge in [-0.1, -0.05) is 36.2 Å². The molecule has 1 aromatic rings. The molecule has 3 nitrogen and oxygen atoms in total. The maximum absolute atomic E-state index is 11.9. The summed E-state index contributed by atoms with van der Waals surface area (Å²) < 4.78 is 0. The topological polar surface area (TPSA) is 32.3 Å². The number of nitrogens with zero attached hydrogens (tertiary/aromatic N) is 1. The first-order valence-corrected chi connectivity index (χ1v) is 8.25. The van der Waals surface area contributed by atoms with Crippen LogP contribution in [0.1, 0.15) is 37.7 Å². The van der Waals surface area contributed by atoms with Crippen LogP contribution in [0.2, 0.25) is 5.02 Å². The Morgan fingerprint density at radius 1 is 1.38 bits per heavy atom. The smallest absolute Gasteiger partial charge is 0.220 e. The average Bonchev–Trinajstić information content (AvgIpc) is 2.48. The molecule has 1 atom stereocenters. The normalized spacial score (nSPS) is 19.4. The molecule has 1 amide bonds. The Bertz CT molecular complexity index is 464. The minimum absolute atomic E-state index is 0.154. The summed E-state index contributed by atoms with van der Waals surface area (Å²) in [6.45, 7) is 1.82. The van der Waals surface area contributed by atoms with Crippen LogP contribution in [0.4, 0.5) is 0 Å². The van der Waals surface area contributed by atoms with Crippen LogP contribution in [-0.2, 0) is 11.2 Å². The van der Waals surface area contributed by atoms with Crippen LogP contribution in [0.15, 0.2) is 24.3 Å². The number of halogens is 1. The molecule has 116 valence electrons. The second-order valence-corrected chi connectivity index (χ2v) is 6.27. The first kappa shape index (κ1) is 16.3. The zero-order chi connectivity index (χ0) is 15.1. The molecular formula is C17H25ClN2O. The van der Waals surface area contributed by atoms with E-state index >= 15 is 0 Å². The molecule has 0 aliphatic carbocycles.